The van der Waals surface area contributed by atoms with Crippen molar-refractivity contribution in [2.45, 2.75) is 6.92 Å². The summed E-state index contributed by atoms with van der Waals surface area (Å²) < 4.78 is 15.5. The Morgan fingerprint density at radius 1 is 1.08 bits per heavy atom. The van der Waals surface area contributed by atoms with Gasteiger partial charge in [0.1, 0.15) is 5.75 Å². The van der Waals surface area contributed by atoms with Crippen LogP contribution in [-0.2, 0) is 4.79 Å². The van der Waals surface area contributed by atoms with Gasteiger partial charge in [-0.2, -0.15) is 0 Å². The van der Waals surface area contributed by atoms with Gasteiger partial charge in [0.15, 0.2) is 23.9 Å². The lowest BCUT2D eigenvalue weighted by atomic mass is 10.1. The van der Waals surface area contributed by atoms with E-state index in [2.05, 4.69) is 0 Å². The van der Waals surface area contributed by atoms with E-state index in [4.69, 9.17) is 14.2 Å². The number of non-ortho nitro benzene ring substituents is 1. The summed E-state index contributed by atoms with van der Waals surface area (Å²) in [6.07, 6.45) is 0. The largest absolute Gasteiger partial charge is 0.493 e. The van der Waals surface area contributed by atoms with Gasteiger partial charge in [-0.25, -0.2) is 4.79 Å². The van der Waals surface area contributed by atoms with E-state index in [0.717, 1.165) is 0 Å². The van der Waals surface area contributed by atoms with E-state index in [1.165, 1.54) is 50.4 Å². The molecule has 0 aliphatic carbocycles. The van der Waals surface area contributed by atoms with E-state index in [-0.39, 0.29) is 23.0 Å². The predicted molar refractivity (Wildman–Crippen MR) is 87.2 cm³/mol. The van der Waals surface area contributed by atoms with Crippen LogP contribution >= 0.6 is 0 Å². The zero-order valence-electron chi connectivity index (χ0n) is 13.6. The van der Waals surface area contributed by atoms with Crippen molar-refractivity contribution < 1.29 is 28.7 Å². The van der Waals surface area contributed by atoms with E-state index in [1.54, 1.807) is 6.07 Å². The highest BCUT2D eigenvalue weighted by Crippen LogP contribution is 2.28. The van der Waals surface area contributed by atoms with Crippen molar-refractivity contribution in [1.29, 1.82) is 0 Å². The summed E-state index contributed by atoms with van der Waals surface area (Å²) in [6.45, 7) is 1.03. The number of carbonyl (C=O) groups is 2. The molecule has 2 aromatic carbocycles. The standard InChI is InChI=1S/C17H15NO7/c1-11(19)12-3-8-15(16(9-12)23-2)24-10-17(20)25-14-6-4-13(5-7-14)18(21)22/h3-9H,10H2,1-2H3. The molecule has 0 unspecified atom stereocenters. The Balaban J connectivity index is 1.97. The average molecular weight is 345 g/mol. The molecule has 2 rings (SSSR count). The minimum absolute atomic E-state index is 0.105. The van der Waals surface area contributed by atoms with Gasteiger partial charge < -0.3 is 14.2 Å². The molecule has 0 saturated heterocycles. The highest BCUT2D eigenvalue weighted by atomic mass is 16.6. The van der Waals surface area contributed by atoms with Crippen molar-refractivity contribution >= 4 is 17.4 Å². The van der Waals surface area contributed by atoms with Crippen LogP contribution < -0.4 is 14.2 Å². The Kier molecular flexibility index (Phi) is 5.67. The van der Waals surface area contributed by atoms with Crippen LogP contribution in [0, 0.1) is 10.1 Å². The minimum Gasteiger partial charge on any atom is -0.493 e. The molecule has 0 amide bonds. The third kappa shape index (κ3) is 4.77. The summed E-state index contributed by atoms with van der Waals surface area (Å²) in [5, 5.41) is 10.6. The normalized spacial score (nSPS) is 10.0. The number of nitrogens with zero attached hydrogens (tertiary/aromatic N) is 1. The fraction of sp³-hybridized carbons (Fsp3) is 0.176. The summed E-state index contributed by atoms with van der Waals surface area (Å²) in [5.41, 5.74) is 0.351. The monoisotopic (exact) mass is 345 g/mol. The van der Waals surface area contributed by atoms with Crippen LogP contribution in [0.3, 0.4) is 0 Å². The molecule has 8 nitrogen and oxygen atoms in total. The van der Waals surface area contributed by atoms with Crippen LogP contribution in [0.1, 0.15) is 17.3 Å². The molecule has 0 fully saturated rings. The first-order chi connectivity index (χ1) is 11.9. The Labute approximate surface area is 143 Å². The number of hydrogen-bond acceptors (Lipinski definition) is 7. The maximum atomic E-state index is 11.8. The summed E-state index contributed by atoms with van der Waals surface area (Å²) >= 11 is 0. The van der Waals surface area contributed by atoms with Gasteiger partial charge in [0.05, 0.1) is 12.0 Å². The number of ketones is 1. The van der Waals surface area contributed by atoms with Gasteiger partial charge in [-0.1, -0.05) is 0 Å². The maximum Gasteiger partial charge on any atom is 0.349 e. The van der Waals surface area contributed by atoms with Crippen LogP contribution in [0.2, 0.25) is 0 Å². The van der Waals surface area contributed by atoms with Gasteiger partial charge >= 0.3 is 5.97 Å². The highest BCUT2D eigenvalue weighted by molar-refractivity contribution is 5.94. The molecule has 0 atom stereocenters. The van der Waals surface area contributed by atoms with E-state index < -0.39 is 17.5 Å². The minimum atomic E-state index is -0.688. The van der Waals surface area contributed by atoms with E-state index in [1.807, 2.05) is 0 Å². The number of methoxy groups -OCH3 is 1. The lowest BCUT2D eigenvalue weighted by Crippen LogP contribution is -2.18. The summed E-state index contributed by atoms with van der Waals surface area (Å²) in [6, 6.07) is 9.69. The molecule has 0 N–H and O–H groups in total. The van der Waals surface area contributed by atoms with E-state index in [9.17, 15) is 19.7 Å². The topological polar surface area (TPSA) is 105 Å². The number of nitro benzene ring substituents is 1. The fourth-order valence-electron chi connectivity index (χ4n) is 1.94. The molecule has 0 heterocycles. The molecule has 0 bridgehead atoms. The second-order valence-corrected chi connectivity index (χ2v) is 4.94. The lowest BCUT2D eigenvalue weighted by molar-refractivity contribution is -0.384. The summed E-state index contributed by atoms with van der Waals surface area (Å²) in [4.78, 5) is 33.2. The third-order valence-electron chi connectivity index (χ3n) is 3.19. The number of esters is 1. The fourth-order valence-corrected chi connectivity index (χ4v) is 1.94. The molecule has 0 spiro atoms. The van der Waals surface area contributed by atoms with Gasteiger partial charge in [0.2, 0.25) is 0 Å². The zero-order chi connectivity index (χ0) is 18.4. The Hall–Kier alpha value is -3.42. The maximum absolute atomic E-state index is 11.8. The van der Waals surface area contributed by atoms with Crippen molar-refractivity contribution in [2.75, 3.05) is 13.7 Å². The van der Waals surface area contributed by atoms with E-state index in [0.29, 0.717) is 11.3 Å². The quantitative estimate of drug-likeness (QED) is 0.250. The zero-order valence-corrected chi connectivity index (χ0v) is 13.6. The number of benzene rings is 2. The highest BCUT2D eigenvalue weighted by Gasteiger charge is 2.12. The van der Waals surface area contributed by atoms with Crippen LogP contribution in [0.15, 0.2) is 42.5 Å². The van der Waals surface area contributed by atoms with Gasteiger partial charge in [-0.3, -0.25) is 14.9 Å². The third-order valence-corrected chi connectivity index (χ3v) is 3.19. The first-order valence-electron chi connectivity index (χ1n) is 7.17. The van der Waals surface area contributed by atoms with Crippen LogP contribution in [0.5, 0.6) is 17.2 Å². The molecule has 0 radical (unpaired) electrons. The molecule has 25 heavy (non-hydrogen) atoms. The summed E-state index contributed by atoms with van der Waals surface area (Å²) in [7, 11) is 1.42. The smallest absolute Gasteiger partial charge is 0.349 e. The summed E-state index contributed by atoms with van der Waals surface area (Å²) in [5.74, 6) is -0.0453. The van der Waals surface area contributed by atoms with Gasteiger partial charge in [-0.05, 0) is 37.3 Å². The molecule has 0 aliphatic heterocycles. The molecule has 0 aliphatic rings. The molecular formula is C17H15NO7. The van der Waals surface area contributed by atoms with Gasteiger partial charge in [0.25, 0.3) is 5.69 Å². The lowest BCUT2D eigenvalue weighted by Gasteiger charge is -2.11. The van der Waals surface area contributed by atoms with Crippen molar-refractivity contribution in [1.82, 2.24) is 0 Å². The molecule has 0 aromatic heterocycles. The number of carbonyl (C=O) groups excluding carboxylic acids is 2. The molecule has 130 valence electrons. The first kappa shape index (κ1) is 17.9. The number of nitro groups is 1. The Morgan fingerprint density at radius 2 is 1.76 bits per heavy atom. The number of hydrogen-bond donors (Lipinski definition) is 0. The second-order valence-electron chi connectivity index (χ2n) is 4.94. The number of Topliss-reactive ketones (excluding diaryl/α,β-unsaturated/α-hetero) is 1. The van der Waals surface area contributed by atoms with E-state index >= 15 is 0 Å². The van der Waals surface area contributed by atoms with Crippen molar-refractivity contribution in [2.24, 2.45) is 0 Å². The molecule has 0 saturated carbocycles. The first-order valence-corrected chi connectivity index (χ1v) is 7.17. The van der Waals surface area contributed by atoms with Crippen LogP contribution in [0.4, 0.5) is 5.69 Å². The second kappa shape index (κ2) is 7.91. The predicted octanol–water partition coefficient (Wildman–Crippen LogP) is 2.79. The molecular weight excluding hydrogens is 330 g/mol. The molecule has 8 heteroatoms. The number of rotatable bonds is 7. The molecule has 2 aromatic rings. The Morgan fingerprint density at radius 3 is 2.32 bits per heavy atom. The van der Waals surface area contributed by atoms with Crippen LogP contribution in [-0.4, -0.2) is 30.4 Å². The van der Waals surface area contributed by atoms with Crippen molar-refractivity contribution in [3.63, 3.8) is 0 Å². The van der Waals surface area contributed by atoms with Crippen molar-refractivity contribution in [3.8, 4) is 17.2 Å². The average Bonchev–Trinajstić information content (AvgIpc) is 2.60. The van der Waals surface area contributed by atoms with Crippen molar-refractivity contribution in [3.05, 3.63) is 58.1 Å². The van der Waals surface area contributed by atoms with Gasteiger partial charge in [-0.15, -0.1) is 0 Å². The Bertz CT molecular complexity index is 799. The van der Waals surface area contributed by atoms with Gasteiger partial charge in [0, 0.05) is 17.7 Å². The SMILES string of the molecule is COc1cc(C(C)=O)ccc1OCC(=O)Oc1ccc([N+](=O)[O-])cc1. The number of ether oxygens (including phenoxy) is 3. The van der Waals surface area contributed by atoms with Crippen LogP contribution in [0.25, 0.3) is 0 Å².